The summed E-state index contributed by atoms with van der Waals surface area (Å²) in [5.41, 5.74) is 0. The Bertz CT molecular complexity index is 1820. The van der Waals surface area contributed by atoms with Crippen LogP contribution >= 0.6 is 0 Å². The molecule has 5 heteroatoms. The van der Waals surface area contributed by atoms with E-state index < -0.39 is 6.10 Å². The van der Waals surface area contributed by atoms with Crippen molar-refractivity contribution in [2.45, 2.75) is 418 Å². The molecule has 0 aliphatic rings. The number of rotatable bonds is 76. The van der Waals surface area contributed by atoms with Gasteiger partial charge in [0.05, 0.1) is 6.61 Å². The fourth-order valence-corrected chi connectivity index (χ4v) is 12.1. The first-order valence-electron chi connectivity index (χ1n) is 41.1. The molecule has 0 spiro atoms. The van der Waals surface area contributed by atoms with E-state index in [9.17, 15) is 14.7 Å². The standard InChI is InChI=1S/C89H156O5/c1-3-5-7-9-11-13-15-17-19-21-23-25-27-29-31-33-35-37-39-41-43-44-46-47-49-51-53-55-57-59-61-63-65-67-69-71-73-75-77-79-81-83-88(91)93-86-87(85-90)94-89(92)84-82-80-78-76-74-72-70-68-66-64-62-60-58-56-54-52-50-48-45-42-40-38-36-34-32-30-28-26-24-22-20-18-16-14-12-10-8-6-4-2/h6,8,12,14-15,17-18,20-21,23-24,26,30,32,36,38,42,45,50,52,87,90H,3-5,7,9-11,13,16,19,22,25,27-29,31,33-35,37,39-41,43-44,46-49,51,53-86H2,1-2H3/b8-6-,14-12-,17-15-,20-18-,23-21-,26-24-,32-30-,38-36-,45-42-,52-50-. The average molecular weight is 1310 g/mol. The van der Waals surface area contributed by atoms with E-state index >= 15 is 0 Å². The second kappa shape index (κ2) is 83.5. The van der Waals surface area contributed by atoms with Gasteiger partial charge in [-0.25, -0.2) is 0 Å². The third-order valence-corrected chi connectivity index (χ3v) is 18.2. The number of hydrogen-bond donors (Lipinski definition) is 1. The van der Waals surface area contributed by atoms with Crippen molar-refractivity contribution in [3.8, 4) is 0 Å². The molecular weight excluding hydrogens is 1150 g/mol. The number of carbonyl (C=O) groups excluding carboxylic acids is 2. The predicted octanol–water partition coefficient (Wildman–Crippen LogP) is 29.2. The van der Waals surface area contributed by atoms with Gasteiger partial charge in [-0.1, -0.05) is 411 Å². The molecule has 0 radical (unpaired) electrons. The Labute approximate surface area is 585 Å². The summed E-state index contributed by atoms with van der Waals surface area (Å²) in [6.07, 6.45) is 123. The van der Waals surface area contributed by atoms with E-state index in [2.05, 4.69) is 135 Å². The molecule has 0 aliphatic heterocycles. The van der Waals surface area contributed by atoms with Gasteiger partial charge >= 0.3 is 11.9 Å². The number of carbonyl (C=O) groups is 2. The number of hydrogen-bond acceptors (Lipinski definition) is 5. The first-order chi connectivity index (χ1) is 46.6. The summed E-state index contributed by atoms with van der Waals surface area (Å²) >= 11 is 0. The second-order valence-corrected chi connectivity index (χ2v) is 27.5. The van der Waals surface area contributed by atoms with Crippen molar-refractivity contribution in [1.29, 1.82) is 0 Å². The molecule has 0 aliphatic carbocycles. The summed E-state index contributed by atoms with van der Waals surface area (Å²) in [7, 11) is 0. The zero-order valence-electron chi connectivity index (χ0n) is 62.5. The van der Waals surface area contributed by atoms with Crippen molar-refractivity contribution in [2.75, 3.05) is 13.2 Å². The van der Waals surface area contributed by atoms with Gasteiger partial charge in [0.1, 0.15) is 6.61 Å². The lowest BCUT2D eigenvalue weighted by Gasteiger charge is -2.15. The van der Waals surface area contributed by atoms with Crippen molar-refractivity contribution in [1.82, 2.24) is 0 Å². The molecule has 0 fully saturated rings. The summed E-state index contributed by atoms with van der Waals surface area (Å²) in [6, 6.07) is 0. The third kappa shape index (κ3) is 80.7. The molecule has 5 nitrogen and oxygen atoms in total. The van der Waals surface area contributed by atoms with Crippen LogP contribution in [0.15, 0.2) is 122 Å². The summed E-state index contributed by atoms with van der Waals surface area (Å²) < 4.78 is 10.8. The molecule has 0 aromatic rings. The Balaban J connectivity index is 3.42. The van der Waals surface area contributed by atoms with E-state index in [0.717, 1.165) is 96.3 Å². The summed E-state index contributed by atoms with van der Waals surface area (Å²) in [5.74, 6) is -0.576. The average Bonchev–Trinajstić information content (AvgIpc) is 3.65. The van der Waals surface area contributed by atoms with Gasteiger partial charge in [0.25, 0.3) is 0 Å². The van der Waals surface area contributed by atoms with Crippen LogP contribution in [0, 0.1) is 0 Å². The largest absolute Gasteiger partial charge is 0.462 e. The zero-order chi connectivity index (χ0) is 67.5. The number of ether oxygens (including phenoxy) is 2. The van der Waals surface area contributed by atoms with Gasteiger partial charge in [-0.15, -0.1) is 0 Å². The Morgan fingerprint density at radius 2 is 0.457 bits per heavy atom. The van der Waals surface area contributed by atoms with Gasteiger partial charge in [0.2, 0.25) is 0 Å². The van der Waals surface area contributed by atoms with Crippen LogP contribution in [0.2, 0.25) is 0 Å². The first-order valence-corrected chi connectivity index (χ1v) is 41.1. The molecule has 94 heavy (non-hydrogen) atoms. The highest BCUT2D eigenvalue weighted by atomic mass is 16.6. The second-order valence-electron chi connectivity index (χ2n) is 27.5. The molecule has 0 amide bonds. The number of allylic oxidation sites excluding steroid dienone is 20. The number of esters is 2. The molecule has 542 valence electrons. The topological polar surface area (TPSA) is 72.8 Å². The van der Waals surface area contributed by atoms with Crippen molar-refractivity contribution < 1.29 is 24.2 Å². The van der Waals surface area contributed by atoms with Gasteiger partial charge in [-0.3, -0.25) is 9.59 Å². The van der Waals surface area contributed by atoms with Crippen molar-refractivity contribution >= 4 is 11.9 Å². The van der Waals surface area contributed by atoms with Gasteiger partial charge < -0.3 is 14.6 Å². The first kappa shape index (κ1) is 90.3. The predicted molar refractivity (Wildman–Crippen MR) is 417 cm³/mol. The quantitative estimate of drug-likeness (QED) is 0.0373. The number of aliphatic hydroxyl groups excluding tert-OH is 1. The van der Waals surface area contributed by atoms with Crippen LogP contribution in [-0.4, -0.2) is 36.4 Å². The molecule has 1 atom stereocenters. The maximum atomic E-state index is 12.4. The molecule has 0 saturated heterocycles. The van der Waals surface area contributed by atoms with Crippen molar-refractivity contribution in [3.63, 3.8) is 0 Å². The minimum absolute atomic E-state index is 0.0655. The van der Waals surface area contributed by atoms with E-state index in [-0.39, 0.29) is 25.2 Å². The van der Waals surface area contributed by atoms with Crippen LogP contribution in [0.25, 0.3) is 0 Å². The van der Waals surface area contributed by atoms with Crippen LogP contribution in [-0.2, 0) is 19.1 Å². The lowest BCUT2D eigenvalue weighted by molar-refractivity contribution is -0.161. The van der Waals surface area contributed by atoms with E-state index in [1.165, 1.54) is 289 Å². The SMILES string of the molecule is CC/C=C\C/C=C\C/C=C\C/C=C\C/C=C\C/C=C\C/C=C\C/C=C\CCCCCCCCCCCCCCCCC(=O)OC(CO)COC(=O)CCCCCCCCCCCCCCCCCCCCCCCCCCCCCCC/C=C\C/C=C\CCCCCCC. The lowest BCUT2D eigenvalue weighted by atomic mass is 10.0. The molecule has 0 saturated carbocycles. The van der Waals surface area contributed by atoms with Gasteiger partial charge in [-0.05, 0) is 109 Å². The highest BCUT2D eigenvalue weighted by Crippen LogP contribution is 2.19. The Morgan fingerprint density at radius 1 is 0.255 bits per heavy atom. The third-order valence-electron chi connectivity index (χ3n) is 18.2. The van der Waals surface area contributed by atoms with E-state index in [1.807, 2.05) is 0 Å². The Hall–Kier alpha value is -3.70. The fourth-order valence-electron chi connectivity index (χ4n) is 12.1. The molecule has 0 rings (SSSR count). The molecule has 0 bridgehead atoms. The fraction of sp³-hybridized carbons (Fsp3) is 0.753. The van der Waals surface area contributed by atoms with Crippen molar-refractivity contribution in [2.24, 2.45) is 0 Å². The van der Waals surface area contributed by atoms with Gasteiger partial charge in [0.15, 0.2) is 6.10 Å². The Morgan fingerprint density at radius 3 is 0.691 bits per heavy atom. The molecule has 1 N–H and O–H groups in total. The highest BCUT2D eigenvalue weighted by Gasteiger charge is 2.16. The Kier molecular flexibility index (Phi) is 80.2. The number of unbranched alkanes of at least 4 members (excludes halogenated alkanes) is 48. The molecular formula is C89H156O5. The summed E-state index contributed by atoms with van der Waals surface area (Å²) in [4.78, 5) is 24.7. The molecule has 0 heterocycles. The van der Waals surface area contributed by atoms with Gasteiger partial charge in [0, 0.05) is 12.8 Å². The van der Waals surface area contributed by atoms with Crippen LogP contribution in [0.5, 0.6) is 0 Å². The minimum atomic E-state index is -0.778. The molecule has 0 aromatic carbocycles. The lowest BCUT2D eigenvalue weighted by Crippen LogP contribution is -2.28. The highest BCUT2D eigenvalue weighted by molar-refractivity contribution is 5.70. The summed E-state index contributed by atoms with van der Waals surface area (Å²) in [5, 5.41) is 9.74. The smallest absolute Gasteiger partial charge is 0.306 e. The van der Waals surface area contributed by atoms with E-state index in [1.54, 1.807) is 0 Å². The maximum Gasteiger partial charge on any atom is 0.306 e. The molecule has 0 aromatic heterocycles. The van der Waals surface area contributed by atoms with Gasteiger partial charge in [-0.2, -0.15) is 0 Å². The van der Waals surface area contributed by atoms with Crippen LogP contribution in [0.4, 0.5) is 0 Å². The monoisotopic (exact) mass is 1310 g/mol. The van der Waals surface area contributed by atoms with Crippen molar-refractivity contribution in [3.05, 3.63) is 122 Å². The zero-order valence-corrected chi connectivity index (χ0v) is 62.5. The summed E-state index contributed by atoms with van der Waals surface area (Å²) in [6.45, 7) is 4.06. The van der Waals surface area contributed by atoms with Crippen LogP contribution < -0.4 is 0 Å². The van der Waals surface area contributed by atoms with Crippen LogP contribution in [0.3, 0.4) is 0 Å². The number of aliphatic hydroxyl groups is 1. The minimum Gasteiger partial charge on any atom is -0.462 e. The maximum absolute atomic E-state index is 12.4. The molecule has 1 unspecified atom stereocenters. The van der Waals surface area contributed by atoms with E-state index in [0.29, 0.717) is 12.8 Å². The van der Waals surface area contributed by atoms with Crippen LogP contribution in [0.1, 0.15) is 412 Å². The van der Waals surface area contributed by atoms with E-state index in [4.69, 9.17) is 9.47 Å². The normalized spacial score (nSPS) is 12.8.